The number of hydrogen-bond acceptors (Lipinski definition) is 4. The van der Waals surface area contributed by atoms with Crippen molar-refractivity contribution in [2.24, 2.45) is 5.10 Å². The lowest BCUT2D eigenvalue weighted by atomic mass is 10.2. The number of halogens is 2. The summed E-state index contributed by atoms with van der Waals surface area (Å²) in [6, 6.07) is 16.7. The molecule has 166 valence electrons. The van der Waals surface area contributed by atoms with Crippen molar-refractivity contribution < 1.29 is 17.6 Å². The van der Waals surface area contributed by atoms with Crippen molar-refractivity contribution in [3.63, 3.8) is 0 Å². The number of nitrogens with one attached hydrogen (secondary N) is 1. The predicted octanol–water partition coefficient (Wildman–Crippen LogP) is 4.44. The van der Waals surface area contributed by atoms with Gasteiger partial charge in [0.25, 0.3) is 15.9 Å². The van der Waals surface area contributed by atoms with Crippen molar-refractivity contribution in [2.75, 3.05) is 10.8 Å². The highest BCUT2D eigenvalue weighted by atomic mass is 35.5. The van der Waals surface area contributed by atoms with Gasteiger partial charge in [0.15, 0.2) is 0 Å². The van der Waals surface area contributed by atoms with Crippen molar-refractivity contribution in [2.45, 2.75) is 18.7 Å². The molecule has 3 aromatic carbocycles. The minimum atomic E-state index is -4.07. The van der Waals surface area contributed by atoms with Crippen LogP contribution in [0.5, 0.6) is 0 Å². The molecule has 3 rings (SSSR count). The molecule has 0 bridgehead atoms. The topological polar surface area (TPSA) is 78.8 Å². The fraction of sp³-hybridized carbons (Fsp3) is 0.130. The first-order valence-electron chi connectivity index (χ1n) is 9.60. The number of anilines is 1. The van der Waals surface area contributed by atoms with Gasteiger partial charge in [0.05, 0.1) is 16.8 Å². The second kappa shape index (κ2) is 9.93. The van der Waals surface area contributed by atoms with E-state index in [2.05, 4.69) is 10.5 Å². The molecule has 0 aliphatic carbocycles. The van der Waals surface area contributed by atoms with E-state index in [9.17, 15) is 17.6 Å². The Bertz CT molecular complexity index is 1240. The largest absolute Gasteiger partial charge is 0.271 e. The van der Waals surface area contributed by atoms with Gasteiger partial charge in [-0.05, 0) is 61.4 Å². The molecule has 32 heavy (non-hydrogen) atoms. The lowest BCUT2D eigenvalue weighted by Crippen LogP contribution is -2.40. The molecule has 0 saturated heterocycles. The zero-order valence-electron chi connectivity index (χ0n) is 17.4. The van der Waals surface area contributed by atoms with Crippen LogP contribution in [0.2, 0.25) is 5.02 Å². The summed E-state index contributed by atoms with van der Waals surface area (Å²) in [5.41, 5.74) is 4.71. The van der Waals surface area contributed by atoms with Crippen LogP contribution in [-0.2, 0) is 14.8 Å². The Hall–Kier alpha value is -3.23. The Morgan fingerprint density at radius 1 is 1.06 bits per heavy atom. The molecule has 1 amide bonds. The second-order valence-electron chi connectivity index (χ2n) is 7.10. The van der Waals surface area contributed by atoms with Crippen molar-refractivity contribution in [1.29, 1.82) is 0 Å². The molecule has 9 heteroatoms. The van der Waals surface area contributed by atoms with E-state index in [0.717, 1.165) is 9.87 Å². The van der Waals surface area contributed by atoms with Crippen LogP contribution < -0.4 is 9.73 Å². The molecule has 0 radical (unpaired) electrons. The Morgan fingerprint density at radius 2 is 1.72 bits per heavy atom. The van der Waals surface area contributed by atoms with Crippen LogP contribution in [0.3, 0.4) is 0 Å². The zero-order chi connectivity index (χ0) is 23.3. The average Bonchev–Trinajstić information content (AvgIpc) is 2.75. The number of carbonyl (C=O) groups excluding carboxylic acids is 1. The highest BCUT2D eigenvalue weighted by Crippen LogP contribution is 2.29. The van der Waals surface area contributed by atoms with E-state index in [4.69, 9.17) is 11.6 Å². The zero-order valence-corrected chi connectivity index (χ0v) is 19.0. The molecular weight excluding hydrogens is 453 g/mol. The van der Waals surface area contributed by atoms with E-state index >= 15 is 0 Å². The first-order valence-corrected chi connectivity index (χ1v) is 11.4. The van der Waals surface area contributed by atoms with Gasteiger partial charge in [-0.1, -0.05) is 47.5 Å². The smallest absolute Gasteiger partial charge is 0.264 e. The molecule has 0 unspecified atom stereocenters. The van der Waals surface area contributed by atoms with E-state index in [1.165, 1.54) is 48.7 Å². The third-order valence-corrected chi connectivity index (χ3v) is 6.62. The summed E-state index contributed by atoms with van der Waals surface area (Å²) >= 11 is 6.10. The molecule has 0 saturated carbocycles. The molecule has 0 aliphatic rings. The van der Waals surface area contributed by atoms with E-state index in [1.807, 2.05) is 6.92 Å². The number of aryl methyl sites for hydroxylation is 2. The molecule has 0 aliphatic heterocycles. The normalized spacial score (nSPS) is 11.5. The molecule has 0 atom stereocenters. The number of benzene rings is 3. The van der Waals surface area contributed by atoms with Crippen LogP contribution in [0, 0.1) is 19.7 Å². The summed E-state index contributed by atoms with van der Waals surface area (Å²) in [4.78, 5) is 12.6. The fourth-order valence-corrected chi connectivity index (χ4v) is 4.53. The van der Waals surface area contributed by atoms with Gasteiger partial charge in [0.2, 0.25) is 0 Å². The van der Waals surface area contributed by atoms with Gasteiger partial charge in [-0.15, -0.1) is 0 Å². The molecule has 0 spiro atoms. The van der Waals surface area contributed by atoms with Crippen molar-refractivity contribution in [1.82, 2.24) is 5.43 Å². The molecule has 1 N–H and O–H groups in total. The third kappa shape index (κ3) is 5.72. The quantitative estimate of drug-likeness (QED) is 0.407. The number of nitrogens with zero attached hydrogens (tertiary/aromatic N) is 2. The SMILES string of the molecule is Cc1ccc(S(=O)(=O)N(CC(=O)N/N=C\c2ccc(F)cc2)c2cc(Cl)ccc2C)cc1. The van der Waals surface area contributed by atoms with Gasteiger partial charge in [-0.2, -0.15) is 5.10 Å². The van der Waals surface area contributed by atoms with Crippen LogP contribution in [-0.4, -0.2) is 27.1 Å². The van der Waals surface area contributed by atoms with Crippen LogP contribution in [0.15, 0.2) is 76.7 Å². The minimum Gasteiger partial charge on any atom is -0.271 e. The number of sulfonamides is 1. The first-order chi connectivity index (χ1) is 15.2. The number of rotatable bonds is 7. The minimum absolute atomic E-state index is 0.0464. The summed E-state index contributed by atoms with van der Waals surface area (Å²) in [5.74, 6) is -1.04. The maximum atomic E-state index is 13.4. The highest BCUT2D eigenvalue weighted by Gasteiger charge is 2.28. The van der Waals surface area contributed by atoms with Crippen LogP contribution in [0.1, 0.15) is 16.7 Å². The van der Waals surface area contributed by atoms with E-state index in [-0.39, 0.29) is 16.4 Å². The Kier molecular flexibility index (Phi) is 7.27. The number of carbonyl (C=O) groups is 1. The Morgan fingerprint density at radius 3 is 2.38 bits per heavy atom. The summed E-state index contributed by atoms with van der Waals surface area (Å²) in [7, 11) is -4.07. The lowest BCUT2D eigenvalue weighted by Gasteiger charge is -2.25. The Balaban J connectivity index is 1.88. The van der Waals surface area contributed by atoms with E-state index in [0.29, 0.717) is 16.1 Å². The molecule has 0 heterocycles. The number of amides is 1. The van der Waals surface area contributed by atoms with Gasteiger partial charge < -0.3 is 0 Å². The van der Waals surface area contributed by atoms with Crippen molar-refractivity contribution in [3.8, 4) is 0 Å². The van der Waals surface area contributed by atoms with Gasteiger partial charge in [-0.3, -0.25) is 9.10 Å². The maximum Gasteiger partial charge on any atom is 0.264 e. The van der Waals surface area contributed by atoms with Gasteiger partial charge in [0, 0.05) is 5.02 Å². The van der Waals surface area contributed by atoms with Crippen molar-refractivity contribution >= 4 is 39.4 Å². The van der Waals surface area contributed by atoms with Gasteiger partial charge in [0.1, 0.15) is 12.4 Å². The standard InChI is InChI=1S/C23H21ClFN3O3S/c1-16-3-11-21(12-4-16)32(30,31)28(22-13-19(24)8-5-17(22)2)15-23(29)27-26-14-18-6-9-20(25)10-7-18/h3-14H,15H2,1-2H3,(H,27,29)/b26-14-. The molecule has 3 aromatic rings. The van der Waals surface area contributed by atoms with E-state index in [1.54, 1.807) is 31.2 Å². The molecular formula is C23H21ClFN3O3S. The predicted molar refractivity (Wildman–Crippen MR) is 124 cm³/mol. The average molecular weight is 474 g/mol. The maximum absolute atomic E-state index is 13.4. The summed E-state index contributed by atoms with van der Waals surface area (Å²) in [6.07, 6.45) is 1.33. The second-order valence-corrected chi connectivity index (χ2v) is 9.40. The molecule has 0 fully saturated rings. The summed E-state index contributed by atoms with van der Waals surface area (Å²) in [5, 5.41) is 4.17. The van der Waals surface area contributed by atoms with Crippen molar-refractivity contribution in [3.05, 3.63) is 94.3 Å². The summed E-state index contributed by atoms with van der Waals surface area (Å²) < 4.78 is 40.8. The van der Waals surface area contributed by atoms with E-state index < -0.39 is 22.5 Å². The number of hydrazone groups is 1. The Labute approximate surface area is 191 Å². The summed E-state index contributed by atoms with van der Waals surface area (Å²) in [6.45, 7) is 3.06. The van der Waals surface area contributed by atoms with Crippen LogP contribution in [0.4, 0.5) is 10.1 Å². The number of hydrogen-bond donors (Lipinski definition) is 1. The van der Waals surface area contributed by atoms with Crippen LogP contribution >= 0.6 is 11.6 Å². The third-order valence-electron chi connectivity index (χ3n) is 4.61. The molecule has 6 nitrogen and oxygen atoms in total. The van der Waals surface area contributed by atoms with Gasteiger partial charge in [-0.25, -0.2) is 18.2 Å². The lowest BCUT2D eigenvalue weighted by molar-refractivity contribution is -0.119. The highest BCUT2D eigenvalue weighted by molar-refractivity contribution is 7.92. The monoisotopic (exact) mass is 473 g/mol. The fourth-order valence-electron chi connectivity index (χ4n) is 2.88. The first kappa shape index (κ1) is 23.4. The van der Waals surface area contributed by atoms with Gasteiger partial charge >= 0.3 is 0 Å². The van der Waals surface area contributed by atoms with Crippen LogP contribution in [0.25, 0.3) is 0 Å². The molecule has 0 aromatic heterocycles.